The number of rotatable bonds is 5. The number of hydrogen-bond acceptors (Lipinski definition) is 2. The van der Waals surface area contributed by atoms with Crippen molar-refractivity contribution in [2.75, 3.05) is 13.1 Å². The van der Waals surface area contributed by atoms with Crippen LogP contribution >= 0.6 is 0 Å². The standard InChI is InChI=1S/C14H24N2O2/c1-4-5-10(2)8-16-9-12(17)15-14(3,13(16)18)11-6-7-11/h10-11H,4-9H2,1-3H3,(H,15,17). The van der Waals surface area contributed by atoms with Gasteiger partial charge in [-0.15, -0.1) is 0 Å². The summed E-state index contributed by atoms with van der Waals surface area (Å²) in [7, 11) is 0. The first kappa shape index (κ1) is 13.4. The molecule has 2 fully saturated rings. The van der Waals surface area contributed by atoms with Crippen molar-refractivity contribution in [1.82, 2.24) is 10.2 Å². The Labute approximate surface area is 109 Å². The van der Waals surface area contributed by atoms with Crippen LogP contribution in [0.5, 0.6) is 0 Å². The lowest BCUT2D eigenvalue weighted by atomic mass is 9.90. The monoisotopic (exact) mass is 252 g/mol. The van der Waals surface area contributed by atoms with Crippen LogP contribution in [-0.2, 0) is 9.59 Å². The van der Waals surface area contributed by atoms with Crippen molar-refractivity contribution in [2.24, 2.45) is 11.8 Å². The number of hydrogen-bond donors (Lipinski definition) is 1. The second kappa shape index (κ2) is 4.90. The summed E-state index contributed by atoms with van der Waals surface area (Å²) >= 11 is 0. The van der Waals surface area contributed by atoms with Crippen LogP contribution in [0.3, 0.4) is 0 Å². The quantitative estimate of drug-likeness (QED) is 0.807. The lowest BCUT2D eigenvalue weighted by Crippen LogP contribution is -2.66. The van der Waals surface area contributed by atoms with Crippen molar-refractivity contribution in [3.63, 3.8) is 0 Å². The predicted molar refractivity (Wildman–Crippen MR) is 69.9 cm³/mol. The molecule has 0 aromatic heterocycles. The van der Waals surface area contributed by atoms with Crippen molar-refractivity contribution in [3.8, 4) is 0 Å². The molecule has 1 heterocycles. The van der Waals surface area contributed by atoms with Crippen molar-refractivity contribution in [1.29, 1.82) is 0 Å². The highest BCUT2D eigenvalue weighted by molar-refractivity contribution is 5.98. The van der Waals surface area contributed by atoms with E-state index in [0.717, 1.165) is 25.7 Å². The van der Waals surface area contributed by atoms with E-state index in [0.29, 0.717) is 18.4 Å². The second-order valence-electron chi connectivity index (χ2n) is 6.10. The zero-order valence-electron chi connectivity index (χ0n) is 11.7. The van der Waals surface area contributed by atoms with Crippen LogP contribution in [-0.4, -0.2) is 35.3 Å². The van der Waals surface area contributed by atoms with E-state index in [9.17, 15) is 9.59 Å². The van der Waals surface area contributed by atoms with Gasteiger partial charge in [0.25, 0.3) is 0 Å². The van der Waals surface area contributed by atoms with E-state index < -0.39 is 5.54 Å². The molecule has 2 unspecified atom stereocenters. The molecule has 0 radical (unpaired) electrons. The van der Waals surface area contributed by atoms with E-state index in [4.69, 9.17) is 0 Å². The number of carbonyl (C=O) groups excluding carboxylic acids is 2. The molecule has 1 aliphatic heterocycles. The molecular weight excluding hydrogens is 228 g/mol. The Kier molecular flexibility index (Phi) is 3.64. The van der Waals surface area contributed by atoms with Crippen molar-refractivity contribution in [3.05, 3.63) is 0 Å². The van der Waals surface area contributed by atoms with Gasteiger partial charge >= 0.3 is 0 Å². The molecule has 1 saturated carbocycles. The normalized spacial score (nSPS) is 30.3. The van der Waals surface area contributed by atoms with E-state index in [2.05, 4.69) is 19.2 Å². The van der Waals surface area contributed by atoms with Gasteiger partial charge in [0.1, 0.15) is 5.54 Å². The molecule has 102 valence electrons. The third-order valence-corrected chi connectivity index (χ3v) is 4.17. The Morgan fingerprint density at radius 3 is 2.67 bits per heavy atom. The van der Waals surface area contributed by atoms with Crippen LogP contribution in [0.4, 0.5) is 0 Å². The lowest BCUT2D eigenvalue weighted by Gasteiger charge is -2.41. The van der Waals surface area contributed by atoms with Crippen molar-refractivity contribution in [2.45, 2.75) is 52.0 Å². The molecule has 0 spiro atoms. The minimum atomic E-state index is -0.638. The van der Waals surface area contributed by atoms with Crippen LogP contribution in [0.25, 0.3) is 0 Å². The summed E-state index contributed by atoms with van der Waals surface area (Å²) in [4.78, 5) is 26.1. The zero-order valence-corrected chi connectivity index (χ0v) is 11.7. The van der Waals surface area contributed by atoms with E-state index >= 15 is 0 Å². The average Bonchev–Trinajstić information content (AvgIpc) is 3.09. The van der Waals surface area contributed by atoms with Crippen LogP contribution < -0.4 is 5.32 Å². The van der Waals surface area contributed by atoms with E-state index in [1.807, 2.05) is 6.92 Å². The van der Waals surface area contributed by atoms with Crippen LogP contribution in [0.1, 0.15) is 46.5 Å². The number of nitrogens with zero attached hydrogens (tertiary/aromatic N) is 1. The van der Waals surface area contributed by atoms with Gasteiger partial charge in [-0.25, -0.2) is 0 Å². The Morgan fingerprint density at radius 2 is 2.11 bits per heavy atom. The maximum atomic E-state index is 12.5. The molecule has 0 bridgehead atoms. The average molecular weight is 252 g/mol. The third-order valence-electron chi connectivity index (χ3n) is 4.17. The van der Waals surface area contributed by atoms with Gasteiger partial charge in [0.2, 0.25) is 11.8 Å². The minimum absolute atomic E-state index is 0.00676. The maximum Gasteiger partial charge on any atom is 0.248 e. The molecule has 4 heteroatoms. The molecule has 4 nitrogen and oxygen atoms in total. The third kappa shape index (κ3) is 2.52. The molecule has 2 atom stereocenters. The predicted octanol–water partition coefficient (Wildman–Crippen LogP) is 1.55. The Hall–Kier alpha value is -1.06. The van der Waals surface area contributed by atoms with Gasteiger partial charge in [-0.1, -0.05) is 20.3 Å². The summed E-state index contributed by atoms with van der Waals surface area (Å²) in [5.41, 5.74) is -0.638. The van der Waals surface area contributed by atoms with Crippen LogP contribution in [0.2, 0.25) is 0 Å². The van der Waals surface area contributed by atoms with Gasteiger partial charge < -0.3 is 10.2 Å². The van der Waals surface area contributed by atoms with Gasteiger partial charge in [0, 0.05) is 6.54 Å². The van der Waals surface area contributed by atoms with E-state index in [-0.39, 0.29) is 18.4 Å². The molecule has 1 saturated heterocycles. The first-order chi connectivity index (χ1) is 8.47. The highest BCUT2D eigenvalue weighted by Gasteiger charge is 2.52. The molecule has 0 aromatic rings. The van der Waals surface area contributed by atoms with E-state index in [1.54, 1.807) is 4.90 Å². The first-order valence-electron chi connectivity index (χ1n) is 7.07. The van der Waals surface area contributed by atoms with Crippen LogP contribution in [0, 0.1) is 11.8 Å². The summed E-state index contributed by atoms with van der Waals surface area (Å²) < 4.78 is 0. The molecule has 2 rings (SSSR count). The molecular formula is C14H24N2O2. The molecule has 1 N–H and O–H groups in total. The van der Waals surface area contributed by atoms with Crippen molar-refractivity contribution < 1.29 is 9.59 Å². The van der Waals surface area contributed by atoms with Gasteiger partial charge in [0.15, 0.2) is 0 Å². The summed E-state index contributed by atoms with van der Waals surface area (Å²) in [6, 6.07) is 0. The summed E-state index contributed by atoms with van der Waals surface area (Å²) in [5, 5.41) is 2.91. The van der Waals surface area contributed by atoms with Gasteiger partial charge in [-0.05, 0) is 38.0 Å². The topological polar surface area (TPSA) is 49.4 Å². The zero-order chi connectivity index (χ0) is 13.3. The second-order valence-corrected chi connectivity index (χ2v) is 6.10. The smallest absolute Gasteiger partial charge is 0.248 e. The molecule has 0 aromatic carbocycles. The highest BCUT2D eigenvalue weighted by atomic mass is 16.2. The number of amides is 2. The summed E-state index contributed by atoms with van der Waals surface area (Å²) in [6.45, 7) is 7.13. The summed E-state index contributed by atoms with van der Waals surface area (Å²) in [6.07, 6.45) is 4.34. The molecule has 1 aliphatic carbocycles. The maximum absolute atomic E-state index is 12.5. The number of carbonyl (C=O) groups is 2. The van der Waals surface area contributed by atoms with Gasteiger partial charge in [0.05, 0.1) is 6.54 Å². The van der Waals surface area contributed by atoms with Crippen molar-refractivity contribution >= 4 is 11.8 Å². The highest BCUT2D eigenvalue weighted by Crippen LogP contribution is 2.41. The fourth-order valence-corrected chi connectivity index (χ4v) is 3.00. The molecule has 2 aliphatic rings. The fourth-order valence-electron chi connectivity index (χ4n) is 3.00. The summed E-state index contributed by atoms with van der Waals surface area (Å²) in [5.74, 6) is 0.923. The van der Waals surface area contributed by atoms with Crippen LogP contribution in [0.15, 0.2) is 0 Å². The Morgan fingerprint density at radius 1 is 1.44 bits per heavy atom. The number of nitrogens with one attached hydrogen (secondary N) is 1. The molecule has 18 heavy (non-hydrogen) atoms. The Balaban J connectivity index is 2.05. The lowest BCUT2D eigenvalue weighted by molar-refractivity contribution is -0.150. The minimum Gasteiger partial charge on any atom is -0.340 e. The largest absolute Gasteiger partial charge is 0.340 e. The fraction of sp³-hybridized carbons (Fsp3) is 0.857. The number of piperazine rings is 1. The SMILES string of the molecule is CCCC(C)CN1CC(=O)NC(C)(C2CC2)C1=O. The van der Waals surface area contributed by atoms with Gasteiger partial charge in [-0.3, -0.25) is 9.59 Å². The van der Waals surface area contributed by atoms with E-state index in [1.165, 1.54) is 0 Å². The molecule has 2 amide bonds. The van der Waals surface area contributed by atoms with Gasteiger partial charge in [-0.2, -0.15) is 0 Å². The first-order valence-corrected chi connectivity index (χ1v) is 7.07. The Bertz CT molecular complexity index is 352.